The zero-order valence-corrected chi connectivity index (χ0v) is 14.5. The Morgan fingerprint density at radius 1 is 1.25 bits per heavy atom. The van der Waals surface area contributed by atoms with Crippen LogP contribution in [0.5, 0.6) is 0 Å². The number of para-hydroxylation sites is 1. The minimum absolute atomic E-state index is 0.0881. The highest BCUT2D eigenvalue weighted by atomic mass is 16.5. The van der Waals surface area contributed by atoms with Crippen molar-refractivity contribution in [1.82, 2.24) is 15.1 Å². The fraction of sp³-hybridized carbons (Fsp3) is 0.611. The number of likely N-dealkylation sites (N-methyl/N-ethyl adjacent to an activating group) is 1. The zero-order chi connectivity index (χ0) is 16.8. The van der Waals surface area contributed by atoms with Gasteiger partial charge in [-0.3, -0.25) is 9.69 Å². The van der Waals surface area contributed by atoms with Crippen molar-refractivity contribution in [2.24, 2.45) is 0 Å². The fourth-order valence-electron chi connectivity index (χ4n) is 3.24. The first-order valence-corrected chi connectivity index (χ1v) is 8.84. The van der Waals surface area contributed by atoms with Gasteiger partial charge in [-0.05, 0) is 12.1 Å². The molecule has 1 aromatic carbocycles. The summed E-state index contributed by atoms with van der Waals surface area (Å²) in [6.45, 7) is 7.91. The first-order valence-electron chi connectivity index (χ1n) is 8.84. The number of carbonyl (C=O) groups excluding carboxylic acids is 1. The molecule has 0 radical (unpaired) electrons. The van der Waals surface area contributed by atoms with Crippen LogP contribution in [-0.2, 0) is 9.53 Å². The van der Waals surface area contributed by atoms with Gasteiger partial charge in [-0.2, -0.15) is 0 Å². The Labute approximate surface area is 144 Å². The van der Waals surface area contributed by atoms with E-state index >= 15 is 0 Å². The molecule has 0 spiro atoms. The molecule has 0 aromatic heterocycles. The van der Waals surface area contributed by atoms with Crippen molar-refractivity contribution in [1.29, 1.82) is 0 Å². The first-order chi connectivity index (χ1) is 11.7. The van der Waals surface area contributed by atoms with Crippen LogP contribution in [0.4, 0.5) is 5.69 Å². The van der Waals surface area contributed by atoms with Gasteiger partial charge in [0.1, 0.15) is 6.10 Å². The minimum Gasteiger partial charge on any atom is -0.369 e. The van der Waals surface area contributed by atoms with E-state index in [1.807, 2.05) is 7.05 Å². The summed E-state index contributed by atoms with van der Waals surface area (Å²) in [6.07, 6.45) is -0.321. The Hall–Kier alpha value is -1.63. The van der Waals surface area contributed by atoms with Crippen molar-refractivity contribution in [2.75, 3.05) is 70.9 Å². The van der Waals surface area contributed by atoms with Crippen molar-refractivity contribution in [3.05, 3.63) is 30.3 Å². The summed E-state index contributed by atoms with van der Waals surface area (Å²) < 4.78 is 5.54. The number of piperazine rings is 1. The van der Waals surface area contributed by atoms with Crippen molar-refractivity contribution < 1.29 is 9.53 Å². The lowest BCUT2D eigenvalue weighted by Gasteiger charge is -2.37. The lowest BCUT2D eigenvalue weighted by atomic mass is 10.2. The van der Waals surface area contributed by atoms with Gasteiger partial charge in [0, 0.05) is 65.1 Å². The van der Waals surface area contributed by atoms with Crippen molar-refractivity contribution in [3.8, 4) is 0 Å². The molecular weight excluding hydrogens is 304 g/mol. The maximum Gasteiger partial charge on any atom is 0.252 e. The molecule has 2 saturated heterocycles. The van der Waals surface area contributed by atoms with Gasteiger partial charge in [-0.25, -0.2) is 0 Å². The summed E-state index contributed by atoms with van der Waals surface area (Å²) in [6, 6.07) is 10.6. The molecule has 1 aromatic rings. The minimum atomic E-state index is -0.321. The van der Waals surface area contributed by atoms with Crippen molar-refractivity contribution in [2.45, 2.75) is 6.10 Å². The molecular formula is C18H28N4O2. The van der Waals surface area contributed by atoms with E-state index in [2.05, 4.69) is 45.4 Å². The quantitative estimate of drug-likeness (QED) is 0.838. The summed E-state index contributed by atoms with van der Waals surface area (Å²) in [4.78, 5) is 19.0. The maximum atomic E-state index is 12.3. The molecule has 1 atom stereocenters. The molecule has 132 valence electrons. The Kier molecular flexibility index (Phi) is 6.07. The van der Waals surface area contributed by atoms with Gasteiger partial charge in [0.25, 0.3) is 5.91 Å². The Balaban J connectivity index is 1.39. The number of anilines is 1. The van der Waals surface area contributed by atoms with Gasteiger partial charge >= 0.3 is 0 Å². The van der Waals surface area contributed by atoms with E-state index in [4.69, 9.17) is 4.74 Å². The third kappa shape index (κ3) is 4.47. The number of carbonyl (C=O) groups is 1. The first kappa shape index (κ1) is 17.2. The molecule has 1 N–H and O–H groups in total. The molecule has 24 heavy (non-hydrogen) atoms. The van der Waals surface area contributed by atoms with Crippen LogP contribution in [-0.4, -0.2) is 87.8 Å². The van der Waals surface area contributed by atoms with E-state index in [9.17, 15) is 4.79 Å². The van der Waals surface area contributed by atoms with E-state index in [1.54, 1.807) is 4.90 Å². The second kappa shape index (κ2) is 8.46. The number of rotatable bonds is 5. The highest BCUT2D eigenvalue weighted by Gasteiger charge is 2.25. The predicted octanol–water partition coefficient (Wildman–Crippen LogP) is 0.255. The van der Waals surface area contributed by atoms with E-state index in [0.717, 1.165) is 45.8 Å². The van der Waals surface area contributed by atoms with Crippen LogP contribution in [0, 0.1) is 0 Å². The summed E-state index contributed by atoms with van der Waals surface area (Å²) in [7, 11) is 1.88. The lowest BCUT2D eigenvalue weighted by Crippen LogP contribution is -2.51. The monoisotopic (exact) mass is 332 g/mol. The SMILES string of the molecule is CN(CCN1CCN(c2ccccc2)CC1)C(=O)C1CNCCO1. The third-order valence-corrected chi connectivity index (χ3v) is 4.82. The summed E-state index contributed by atoms with van der Waals surface area (Å²) in [5.74, 6) is 0.0881. The van der Waals surface area contributed by atoms with E-state index in [0.29, 0.717) is 13.2 Å². The molecule has 6 heteroatoms. The van der Waals surface area contributed by atoms with Crippen LogP contribution in [0.25, 0.3) is 0 Å². The summed E-state index contributed by atoms with van der Waals surface area (Å²) >= 11 is 0. The van der Waals surface area contributed by atoms with Crippen LogP contribution >= 0.6 is 0 Å². The predicted molar refractivity (Wildman–Crippen MR) is 95.3 cm³/mol. The van der Waals surface area contributed by atoms with Crippen LogP contribution in [0.2, 0.25) is 0 Å². The van der Waals surface area contributed by atoms with Crippen molar-refractivity contribution >= 4 is 11.6 Å². The number of morpholine rings is 1. The Bertz CT molecular complexity index is 511. The van der Waals surface area contributed by atoms with Gasteiger partial charge in [0.05, 0.1) is 6.61 Å². The number of hydrogen-bond acceptors (Lipinski definition) is 5. The molecule has 1 unspecified atom stereocenters. The topological polar surface area (TPSA) is 48.0 Å². The van der Waals surface area contributed by atoms with Gasteiger partial charge in [0.15, 0.2) is 0 Å². The molecule has 2 aliphatic heterocycles. The summed E-state index contributed by atoms with van der Waals surface area (Å²) in [5, 5.41) is 3.21. The summed E-state index contributed by atoms with van der Waals surface area (Å²) in [5.41, 5.74) is 1.30. The number of hydrogen-bond donors (Lipinski definition) is 1. The van der Waals surface area contributed by atoms with Crippen LogP contribution in [0.1, 0.15) is 0 Å². The Morgan fingerprint density at radius 3 is 2.67 bits per heavy atom. The average Bonchev–Trinajstić information content (AvgIpc) is 2.67. The number of nitrogens with one attached hydrogen (secondary N) is 1. The van der Waals surface area contributed by atoms with Crippen LogP contribution in [0.15, 0.2) is 30.3 Å². The third-order valence-electron chi connectivity index (χ3n) is 4.82. The van der Waals surface area contributed by atoms with Crippen LogP contribution in [0.3, 0.4) is 0 Å². The second-order valence-corrected chi connectivity index (χ2v) is 6.49. The number of ether oxygens (including phenoxy) is 1. The maximum absolute atomic E-state index is 12.3. The van der Waals surface area contributed by atoms with Crippen molar-refractivity contribution in [3.63, 3.8) is 0 Å². The van der Waals surface area contributed by atoms with Gasteiger partial charge in [-0.15, -0.1) is 0 Å². The molecule has 0 bridgehead atoms. The van der Waals surface area contributed by atoms with E-state index < -0.39 is 0 Å². The molecule has 2 fully saturated rings. The molecule has 1 amide bonds. The lowest BCUT2D eigenvalue weighted by molar-refractivity contribution is -0.144. The molecule has 2 heterocycles. The van der Waals surface area contributed by atoms with E-state index in [-0.39, 0.29) is 12.0 Å². The average molecular weight is 332 g/mol. The number of amides is 1. The smallest absolute Gasteiger partial charge is 0.252 e. The highest BCUT2D eigenvalue weighted by molar-refractivity contribution is 5.81. The number of benzene rings is 1. The van der Waals surface area contributed by atoms with Gasteiger partial charge in [0.2, 0.25) is 0 Å². The standard InChI is InChI=1S/C18H28N4O2/c1-20(18(23)17-15-19-7-14-24-17)8-9-21-10-12-22(13-11-21)16-5-3-2-4-6-16/h2-6,17,19H,7-15H2,1H3. The molecule has 3 rings (SSSR count). The zero-order valence-electron chi connectivity index (χ0n) is 14.5. The molecule has 0 aliphatic carbocycles. The van der Waals surface area contributed by atoms with Gasteiger partial charge in [-0.1, -0.05) is 18.2 Å². The number of nitrogens with zero attached hydrogens (tertiary/aromatic N) is 3. The van der Waals surface area contributed by atoms with Crippen LogP contribution < -0.4 is 10.2 Å². The normalized spacial score (nSPS) is 22.4. The molecule has 0 saturated carbocycles. The second-order valence-electron chi connectivity index (χ2n) is 6.49. The van der Waals surface area contributed by atoms with E-state index in [1.165, 1.54) is 5.69 Å². The molecule has 2 aliphatic rings. The van der Waals surface area contributed by atoms with Gasteiger partial charge < -0.3 is 19.9 Å². The largest absolute Gasteiger partial charge is 0.369 e. The highest BCUT2D eigenvalue weighted by Crippen LogP contribution is 2.15. The Morgan fingerprint density at radius 2 is 2.00 bits per heavy atom. The molecule has 6 nitrogen and oxygen atoms in total. The fourth-order valence-corrected chi connectivity index (χ4v) is 3.24.